The van der Waals surface area contributed by atoms with Crippen LogP contribution < -0.4 is 20.3 Å². The van der Waals surface area contributed by atoms with E-state index in [4.69, 9.17) is 14.7 Å². The number of carbonyl (C=O) groups is 1. The van der Waals surface area contributed by atoms with Gasteiger partial charge in [-0.1, -0.05) is 54.6 Å². The van der Waals surface area contributed by atoms with Crippen molar-refractivity contribution >= 4 is 28.6 Å². The van der Waals surface area contributed by atoms with E-state index >= 15 is 0 Å². The Morgan fingerprint density at radius 1 is 0.842 bits per heavy atom. The Morgan fingerprint density at radius 2 is 1.53 bits per heavy atom. The molecule has 0 radical (unpaired) electrons. The fourth-order valence-corrected chi connectivity index (χ4v) is 4.94. The lowest BCUT2D eigenvalue weighted by atomic mass is 9.91. The number of nitrogens with one attached hydrogen (secondary N) is 2. The van der Waals surface area contributed by atoms with Gasteiger partial charge in [-0.25, -0.2) is 4.98 Å². The minimum Gasteiger partial charge on any atom is -0.489 e. The molecule has 38 heavy (non-hydrogen) atoms. The first-order valence-corrected chi connectivity index (χ1v) is 13.3. The number of anilines is 2. The van der Waals surface area contributed by atoms with Crippen LogP contribution in [0, 0.1) is 0 Å². The van der Waals surface area contributed by atoms with E-state index in [-0.39, 0.29) is 11.9 Å². The minimum atomic E-state index is 0.0628. The van der Waals surface area contributed by atoms with Crippen molar-refractivity contribution < 1.29 is 9.53 Å². The molecule has 1 saturated carbocycles. The Bertz CT molecular complexity index is 1350. The molecular weight excluding hydrogens is 474 g/mol. The maximum atomic E-state index is 12.7. The predicted molar refractivity (Wildman–Crippen MR) is 153 cm³/mol. The minimum absolute atomic E-state index is 0.0628. The molecular formula is C31H35N5O2. The molecule has 1 aliphatic carbocycles. The normalized spacial score (nSPS) is 17.1. The number of benzene rings is 3. The molecule has 0 saturated heterocycles. The lowest BCUT2D eigenvalue weighted by Crippen LogP contribution is -2.40. The number of aromatic nitrogens is 2. The Labute approximate surface area is 224 Å². The molecule has 1 amide bonds. The number of ether oxygens (including phenoxy) is 1. The summed E-state index contributed by atoms with van der Waals surface area (Å²) in [5, 5.41) is 7.81. The summed E-state index contributed by atoms with van der Waals surface area (Å²) >= 11 is 0. The standard InChI is InChI=1S/C31H35N5O2/c1-36(2)30-27-10-6-7-11-28(27)34-31(35-30)33-25-16-14-24(15-17-25)32-29(37)20-22-12-18-26(19-13-22)38-21-23-8-4-3-5-9-23/h3-13,18-19,24-25H,14-17,20-21H2,1-2H3,(H,32,37)(H,33,34,35). The van der Waals surface area contributed by atoms with Gasteiger partial charge in [-0.15, -0.1) is 0 Å². The number of carbonyl (C=O) groups excluding carboxylic acids is 1. The highest BCUT2D eigenvalue weighted by molar-refractivity contribution is 5.90. The molecule has 0 atom stereocenters. The van der Waals surface area contributed by atoms with Crippen LogP contribution in [-0.2, 0) is 17.8 Å². The highest BCUT2D eigenvalue weighted by atomic mass is 16.5. The van der Waals surface area contributed by atoms with E-state index in [0.29, 0.717) is 25.0 Å². The van der Waals surface area contributed by atoms with Gasteiger partial charge in [0.05, 0.1) is 11.9 Å². The highest BCUT2D eigenvalue weighted by Crippen LogP contribution is 2.26. The maximum Gasteiger partial charge on any atom is 0.225 e. The summed E-state index contributed by atoms with van der Waals surface area (Å²) in [7, 11) is 4.00. The van der Waals surface area contributed by atoms with Crippen LogP contribution in [0.5, 0.6) is 5.75 Å². The zero-order chi connectivity index (χ0) is 26.3. The lowest BCUT2D eigenvalue weighted by molar-refractivity contribution is -0.121. The summed E-state index contributed by atoms with van der Waals surface area (Å²) < 4.78 is 5.85. The van der Waals surface area contributed by atoms with Crippen LogP contribution in [0.4, 0.5) is 11.8 Å². The molecule has 0 aliphatic heterocycles. The molecule has 1 aromatic heterocycles. The van der Waals surface area contributed by atoms with E-state index in [9.17, 15) is 4.79 Å². The van der Waals surface area contributed by atoms with Crippen molar-refractivity contribution in [2.45, 2.75) is 50.8 Å². The molecule has 7 nitrogen and oxygen atoms in total. The Hall–Kier alpha value is -4.13. The molecule has 5 rings (SSSR count). The number of amides is 1. The first-order chi connectivity index (χ1) is 18.5. The van der Waals surface area contributed by atoms with Gasteiger partial charge in [0.2, 0.25) is 11.9 Å². The van der Waals surface area contributed by atoms with Gasteiger partial charge in [0.15, 0.2) is 0 Å². The van der Waals surface area contributed by atoms with Gasteiger partial charge in [0.25, 0.3) is 0 Å². The number of para-hydroxylation sites is 1. The van der Waals surface area contributed by atoms with E-state index in [0.717, 1.165) is 59.3 Å². The van der Waals surface area contributed by atoms with Crippen LogP contribution in [0.2, 0.25) is 0 Å². The van der Waals surface area contributed by atoms with Gasteiger partial charge in [-0.3, -0.25) is 4.79 Å². The van der Waals surface area contributed by atoms with Gasteiger partial charge in [0.1, 0.15) is 18.2 Å². The third-order valence-electron chi connectivity index (χ3n) is 6.97. The topological polar surface area (TPSA) is 79.4 Å². The quantitative estimate of drug-likeness (QED) is 0.316. The Balaban J connectivity index is 1.08. The van der Waals surface area contributed by atoms with E-state index in [1.807, 2.05) is 91.8 Å². The second-order valence-corrected chi connectivity index (χ2v) is 10.1. The molecule has 1 heterocycles. The van der Waals surface area contributed by atoms with E-state index in [1.54, 1.807) is 0 Å². The maximum absolute atomic E-state index is 12.7. The van der Waals surface area contributed by atoms with Gasteiger partial charge in [-0.05, 0) is 61.1 Å². The van der Waals surface area contributed by atoms with Crippen LogP contribution in [0.25, 0.3) is 10.9 Å². The Morgan fingerprint density at radius 3 is 2.26 bits per heavy atom. The number of nitrogens with zero attached hydrogens (tertiary/aromatic N) is 3. The van der Waals surface area contributed by atoms with Crippen LogP contribution in [0.3, 0.4) is 0 Å². The van der Waals surface area contributed by atoms with Gasteiger partial charge in [0, 0.05) is 31.6 Å². The molecule has 1 fully saturated rings. The second kappa shape index (κ2) is 11.9. The zero-order valence-electron chi connectivity index (χ0n) is 22.1. The largest absolute Gasteiger partial charge is 0.489 e. The molecule has 4 aromatic rings. The van der Waals surface area contributed by atoms with Crippen LogP contribution in [0.1, 0.15) is 36.8 Å². The second-order valence-electron chi connectivity index (χ2n) is 10.1. The number of hydrogen-bond donors (Lipinski definition) is 2. The fourth-order valence-electron chi connectivity index (χ4n) is 4.94. The van der Waals surface area contributed by atoms with Crippen molar-refractivity contribution in [1.29, 1.82) is 0 Å². The van der Waals surface area contributed by atoms with Gasteiger partial charge < -0.3 is 20.3 Å². The van der Waals surface area contributed by atoms with Crippen LogP contribution >= 0.6 is 0 Å². The first kappa shape index (κ1) is 25.5. The highest BCUT2D eigenvalue weighted by Gasteiger charge is 2.23. The summed E-state index contributed by atoms with van der Waals surface area (Å²) in [6.07, 6.45) is 4.17. The van der Waals surface area contributed by atoms with Gasteiger partial charge >= 0.3 is 0 Å². The van der Waals surface area contributed by atoms with E-state index < -0.39 is 0 Å². The average Bonchev–Trinajstić information content (AvgIpc) is 2.94. The SMILES string of the molecule is CN(C)c1nc(NC2CCC(NC(=O)Cc3ccc(OCc4ccccc4)cc3)CC2)nc2ccccc12. The molecule has 0 unspecified atom stereocenters. The number of fused-ring (bicyclic) bond motifs is 1. The number of hydrogen-bond acceptors (Lipinski definition) is 6. The molecule has 0 spiro atoms. The summed E-state index contributed by atoms with van der Waals surface area (Å²) in [4.78, 5) is 24.2. The molecule has 7 heteroatoms. The third-order valence-corrected chi connectivity index (χ3v) is 6.97. The molecule has 1 aliphatic rings. The van der Waals surface area contributed by atoms with Gasteiger partial charge in [-0.2, -0.15) is 4.98 Å². The summed E-state index contributed by atoms with van der Waals surface area (Å²) in [5.74, 6) is 2.44. The van der Waals surface area contributed by atoms with Crippen LogP contribution in [0.15, 0.2) is 78.9 Å². The average molecular weight is 510 g/mol. The monoisotopic (exact) mass is 509 g/mol. The molecule has 2 N–H and O–H groups in total. The molecule has 0 bridgehead atoms. The first-order valence-electron chi connectivity index (χ1n) is 13.3. The van der Waals surface area contributed by atoms with Crippen molar-refractivity contribution in [1.82, 2.24) is 15.3 Å². The van der Waals surface area contributed by atoms with Crippen molar-refractivity contribution in [2.24, 2.45) is 0 Å². The van der Waals surface area contributed by atoms with Crippen molar-refractivity contribution in [2.75, 3.05) is 24.3 Å². The van der Waals surface area contributed by atoms with E-state index in [1.165, 1.54) is 0 Å². The fraction of sp³-hybridized carbons (Fsp3) is 0.323. The van der Waals surface area contributed by atoms with Crippen LogP contribution in [-0.4, -0.2) is 42.1 Å². The van der Waals surface area contributed by atoms with Crippen molar-refractivity contribution in [3.8, 4) is 5.75 Å². The summed E-state index contributed by atoms with van der Waals surface area (Å²) in [5.41, 5.74) is 3.05. The lowest BCUT2D eigenvalue weighted by Gasteiger charge is -2.30. The smallest absolute Gasteiger partial charge is 0.225 e. The molecule has 3 aromatic carbocycles. The summed E-state index contributed by atoms with van der Waals surface area (Å²) in [6.45, 7) is 0.530. The Kier molecular flexibility index (Phi) is 8.02. The zero-order valence-corrected chi connectivity index (χ0v) is 22.1. The summed E-state index contributed by atoms with van der Waals surface area (Å²) in [6, 6.07) is 26.5. The third kappa shape index (κ3) is 6.59. The molecule has 196 valence electrons. The van der Waals surface area contributed by atoms with Crippen molar-refractivity contribution in [3.05, 3.63) is 90.0 Å². The number of rotatable bonds is 9. The van der Waals surface area contributed by atoms with Crippen molar-refractivity contribution in [3.63, 3.8) is 0 Å². The van der Waals surface area contributed by atoms with E-state index in [2.05, 4.69) is 16.7 Å². The predicted octanol–water partition coefficient (Wildman–Crippen LogP) is 5.36.